The van der Waals surface area contributed by atoms with Crippen molar-refractivity contribution in [1.29, 1.82) is 0 Å². The molecule has 0 spiro atoms. The molecule has 0 bridgehead atoms. The standard InChI is InChI=1S/C7H6ClF2N/c1-4-2-5(7(9)10)6(8)11-3-4/h2-3,7H,1H3. The summed E-state index contributed by atoms with van der Waals surface area (Å²) in [5.41, 5.74) is 0.483. The fraction of sp³-hybridized carbons (Fsp3) is 0.286. The lowest BCUT2D eigenvalue weighted by Crippen LogP contribution is -1.89. The molecule has 0 N–H and O–H groups in total. The fourth-order valence-electron chi connectivity index (χ4n) is 0.728. The Morgan fingerprint density at radius 3 is 2.64 bits per heavy atom. The van der Waals surface area contributed by atoms with Crippen molar-refractivity contribution >= 4 is 11.6 Å². The van der Waals surface area contributed by atoms with Gasteiger partial charge in [-0.2, -0.15) is 0 Å². The number of pyridine rings is 1. The predicted octanol–water partition coefficient (Wildman–Crippen LogP) is 2.98. The van der Waals surface area contributed by atoms with Crippen LogP contribution < -0.4 is 0 Å². The quantitative estimate of drug-likeness (QED) is 0.601. The van der Waals surface area contributed by atoms with E-state index in [4.69, 9.17) is 11.6 Å². The highest BCUT2D eigenvalue weighted by atomic mass is 35.5. The van der Waals surface area contributed by atoms with Gasteiger partial charge in [-0.15, -0.1) is 0 Å². The van der Waals surface area contributed by atoms with Crippen LogP contribution in [0.15, 0.2) is 12.3 Å². The molecule has 0 aromatic carbocycles. The Bertz CT molecular complexity index is 263. The Balaban J connectivity index is 3.13. The zero-order valence-electron chi connectivity index (χ0n) is 5.81. The van der Waals surface area contributed by atoms with Crippen molar-refractivity contribution in [1.82, 2.24) is 4.98 Å². The maximum atomic E-state index is 12.1. The van der Waals surface area contributed by atoms with Crippen molar-refractivity contribution < 1.29 is 8.78 Å². The maximum absolute atomic E-state index is 12.1. The third-order valence-electron chi connectivity index (χ3n) is 1.24. The van der Waals surface area contributed by atoms with Crippen LogP contribution >= 0.6 is 11.6 Å². The summed E-state index contributed by atoms with van der Waals surface area (Å²) in [6.07, 6.45) is -1.09. The first-order chi connectivity index (χ1) is 5.11. The van der Waals surface area contributed by atoms with Crippen molar-refractivity contribution in [2.24, 2.45) is 0 Å². The minimum Gasteiger partial charge on any atom is -0.244 e. The number of alkyl halides is 2. The lowest BCUT2D eigenvalue weighted by atomic mass is 10.2. The number of halogens is 3. The molecule has 0 saturated heterocycles. The minimum absolute atomic E-state index is 0.120. The van der Waals surface area contributed by atoms with Gasteiger partial charge < -0.3 is 0 Å². The lowest BCUT2D eigenvalue weighted by Gasteiger charge is -2.01. The zero-order valence-corrected chi connectivity index (χ0v) is 6.57. The Kier molecular flexibility index (Phi) is 2.39. The van der Waals surface area contributed by atoms with E-state index in [9.17, 15) is 8.78 Å². The molecule has 1 rings (SSSR count). The van der Waals surface area contributed by atoms with E-state index in [1.165, 1.54) is 12.3 Å². The Morgan fingerprint density at radius 2 is 2.18 bits per heavy atom. The summed E-state index contributed by atoms with van der Waals surface area (Å²) < 4.78 is 24.2. The van der Waals surface area contributed by atoms with E-state index in [0.717, 1.165) is 0 Å². The topological polar surface area (TPSA) is 12.9 Å². The molecule has 60 valence electrons. The van der Waals surface area contributed by atoms with Crippen LogP contribution in [0.3, 0.4) is 0 Å². The summed E-state index contributed by atoms with van der Waals surface area (Å²) in [4.78, 5) is 3.59. The molecule has 0 fully saturated rings. The average Bonchev–Trinajstić information content (AvgIpc) is 1.94. The van der Waals surface area contributed by atoms with Gasteiger partial charge in [0.25, 0.3) is 6.43 Å². The molecule has 1 aromatic heterocycles. The Hall–Kier alpha value is -0.700. The van der Waals surface area contributed by atoms with Crippen molar-refractivity contribution in [3.8, 4) is 0 Å². The highest BCUT2D eigenvalue weighted by molar-refractivity contribution is 6.30. The summed E-state index contributed by atoms with van der Waals surface area (Å²) in [6.45, 7) is 1.69. The van der Waals surface area contributed by atoms with Gasteiger partial charge in [0.05, 0.1) is 5.56 Å². The van der Waals surface area contributed by atoms with Crippen molar-refractivity contribution in [2.75, 3.05) is 0 Å². The van der Waals surface area contributed by atoms with Crippen LogP contribution in [0.1, 0.15) is 17.6 Å². The molecule has 0 amide bonds. The lowest BCUT2D eigenvalue weighted by molar-refractivity contribution is 0.151. The van der Waals surface area contributed by atoms with Crippen molar-refractivity contribution in [3.05, 3.63) is 28.5 Å². The smallest absolute Gasteiger partial charge is 0.244 e. The van der Waals surface area contributed by atoms with Gasteiger partial charge in [-0.3, -0.25) is 0 Å². The van der Waals surface area contributed by atoms with E-state index in [2.05, 4.69) is 4.98 Å². The van der Waals surface area contributed by atoms with Gasteiger partial charge in [0.1, 0.15) is 5.15 Å². The largest absolute Gasteiger partial charge is 0.266 e. The molecule has 0 aliphatic rings. The molecule has 0 aliphatic carbocycles. The van der Waals surface area contributed by atoms with E-state index >= 15 is 0 Å². The molecule has 0 aliphatic heterocycles. The number of aryl methyl sites for hydroxylation is 1. The van der Waals surface area contributed by atoms with E-state index in [0.29, 0.717) is 5.56 Å². The average molecular weight is 178 g/mol. The number of hydrogen-bond donors (Lipinski definition) is 0. The SMILES string of the molecule is Cc1cnc(Cl)c(C(F)F)c1. The Morgan fingerprint density at radius 1 is 1.55 bits per heavy atom. The van der Waals surface area contributed by atoms with E-state index in [1.54, 1.807) is 6.92 Å². The summed E-state index contributed by atoms with van der Waals surface area (Å²) >= 11 is 5.40. The molecule has 1 nitrogen and oxygen atoms in total. The van der Waals surface area contributed by atoms with E-state index < -0.39 is 6.43 Å². The summed E-state index contributed by atoms with van der Waals surface area (Å²) in [5, 5.41) is -0.120. The van der Waals surface area contributed by atoms with Crippen LogP contribution in [-0.2, 0) is 0 Å². The van der Waals surface area contributed by atoms with E-state index in [-0.39, 0.29) is 10.7 Å². The van der Waals surface area contributed by atoms with Gasteiger partial charge in [-0.25, -0.2) is 13.8 Å². The van der Waals surface area contributed by atoms with Gasteiger partial charge in [0.15, 0.2) is 0 Å². The normalized spacial score (nSPS) is 10.6. The van der Waals surface area contributed by atoms with Crippen LogP contribution in [0.5, 0.6) is 0 Å². The number of aromatic nitrogens is 1. The number of nitrogens with zero attached hydrogens (tertiary/aromatic N) is 1. The summed E-state index contributed by atoms with van der Waals surface area (Å²) in [6, 6.07) is 1.33. The third kappa shape index (κ3) is 1.87. The molecule has 11 heavy (non-hydrogen) atoms. The highest BCUT2D eigenvalue weighted by Crippen LogP contribution is 2.25. The van der Waals surface area contributed by atoms with Gasteiger partial charge >= 0.3 is 0 Å². The highest BCUT2D eigenvalue weighted by Gasteiger charge is 2.12. The maximum Gasteiger partial charge on any atom is 0.266 e. The molecule has 0 unspecified atom stereocenters. The zero-order chi connectivity index (χ0) is 8.43. The van der Waals surface area contributed by atoms with Crippen LogP contribution in [0, 0.1) is 6.92 Å². The molecule has 1 heterocycles. The molecule has 0 saturated carbocycles. The predicted molar refractivity (Wildman–Crippen MR) is 38.9 cm³/mol. The minimum atomic E-state index is -2.55. The third-order valence-corrected chi connectivity index (χ3v) is 1.55. The van der Waals surface area contributed by atoms with Crippen LogP contribution in [0.25, 0.3) is 0 Å². The Labute approximate surface area is 68.0 Å². The molecular formula is C7H6ClF2N. The van der Waals surface area contributed by atoms with Crippen LogP contribution in [0.2, 0.25) is 5.15 Å². The first-order valence-corrected chi connectivity index (χ1v) is 3.39. The monoisotopic (exact) mass is 177 g/mol. The van der Waals surface area contributed by atoms with Crippen LogP contribution in [-0.4, -0.2) is 4.98 Å². The van der Waals surface area contributed by atoms with Gasteiger partial charge in [-0.1, -0.05) is 11.6 Å². The summed E-state index contributed by atoms with van der Waals surface area (Å²) in [5.74, 6) is 0. The second-order valence-electron chi connectivity index (χ2n) is 2.19. The molecule has 4 heteroatoms. The second kappa shape index (κ2) is 3.13. The fourth-order valence-corrected chi connectivity index (χ4v) is 0.914. The molecule has 1 aromatic rings. The van der Waals surface area contributed by atoms with Gasteiger partial charge in [0.2, 0.25) is 0 Å². The molecule has 0 atom stereocenters. The first kappa shape index (κ1) is 8.40. The van der Waals surface area contributed by atoms with Crippen molar-refractivity contribution in [2.45, 2.75) is 13.3 Å². The van der Waals surface area contributed by atoms with Crippen molar-refractivity contribution in [3.63, 3.8) is 0 Å². The van der Waals surface area contributed by atoms with Gasteiger partial charge in [0, 0.05) is 6.20 Å². The second-order valence-corrected chi connectivity index (χ2v) is 2.55. The van der Waals surface area contributed by atoms with E-state index in [1.807, 2.05) is 0 Å². The van der Waals surface area contributed by atoms with Crippen LogP contribution in [0.4, 0.5) is 8.78 Å². The first-order valence-electron chi connectivity index (χ1n) is 3.01. The summed E-state index contributed by atoms with van der Waals surface area (Å²) in [7, 11) is 0. The molecular weight excluding hydrogens is 172 g/mol. The molecule has 0 radical (unpaired) electrons. The number of hydrogen-bond acceptors (Lipinski definition) is 1. The van der Waals surface area contributed by atoms with Gasteiger partial charge in [-0.05, 0) is 18.6 Å². The number of rotatable bonds is 1.